The molecule has 24 heavy (non-hydrogen) atoms. The van der Waals surface area contributed by atoms with Crippen LogP contribution in [0.3, 0.4) is 0 Å². The molecule has 0 atom stereocenters. The fourth-order valence-electron chi connectivity index (χ4n) is 3.13. The molecule has 0 unspecified atom stereocenters. The number of carbonyl (C=O) groups excluding carboxylic acids is 1. The highest BCUT2D eigenvalue weighted by atomic mass is 35.5. The number of aryl methyl sites for hydroxylation is 1. The molecule has 0 radical (unpaired) electrons. The zero-order valence-electron chi connectivity index (χ0n) is 13.8. The highest BCUT2D eigenvalue weighted by Crippen LogP contribution is 2.25. The van der Waals surface area contributed by atoms with E-state index in [0.29, 0.717) is 23.0 Å². The van der Waals surface area contributed by atoms with E-state index in [1.807, 2.05) is 19.1 Å². The largest absolute Gasteiger partial charge is 0.298 e. The number of hydrogen-bond acceptors (Lipinski definition) is 3. The molecule has 1 fully saturated rings. The van der Waals surface area contributed by atoms with Gasteiger partial charge in [-0.25, -0.2) is 4.68 Å². The standard InChI is InChI=1S/C18H21Cl2N3O/c1-13-9-14(10-16(24)12-22-7-3-2-4-8-22)21-23(13)15-5-6-17(19)18(20)11-15/h5-6,9,11H,2-4,7-8,10,12H2,1H3. The summed E-state index contributed by atoms with van der Waals surface area (Å²) in [7, 11) is 0. The van der Waals surface area contributed by atoms with E-state index >= 15 is 0 Å². The molecule has 0 bridgehead atoms. The van der Waals surface area contributed by atoms with E-state index in [2.05, 4.69) is 10.00 Å². The van der Waals surface area contributed by atoms with E-state index in [1.165, 1.54) is 19.3 Å². The molecule has 128 valence electrons. The second kappa shape index (κ2) is 7.68. The summed E-state index contributed by atoms with van der Waals surface area (Å²) in [5.74, 6) is 0.218. The number of ketones is 1. The molecule has 2 aromatic rings. The van der Waals surface area contributed by atoms with Crippen LogP contribution in [0.5, 0.6) is 0 Å². The Hall–Kier alpha value is -1.36. The minimum atomic E-state index is 0.218. The molecule has 0 saturated carbocycles. The summed E-state index contributed by atoms with van der Waals surface area (Å²) in [6, 6.07) is 7.36. The topological polar surface area (TPSA) is 38.1 Å². The first-order valence-corrected chi connectivity index (χ1v) is 9.03. The van der Waals surface area contributed by atoms with Crippen LogP contribution in [0, 0.1) is 6.92 Å². The number of rotatable bonds is 5. The summed E-state index contributed by atoms with van der Waals surface area (Å²) in [6.45, 7) is 4.55. The highest BCUT2D eigenvalue weighted by molar-refractivity contribution is 6.42. The minimum Gasteiger partial charge on any atom is -0.298 e. The van der Waals surface area contributed by atoms with Crippen molar-refractivity contribution in [2.45, 2.75) is 32.6 Å². The van der Waals surface area contributed by atoms with Crippen molar-refractivity contribution in [3.8, 4) is 5.69 Å². The number of halogens is 2. The molecular weight excluding hydrogens is 345 g/mol. The van der Waals surface area contributed by atoms with Crippen molar-refractivity contribution in [1.82, 2.24) is 14.7 Å². The average molecular weight is 366 g/mol. The molecule has 1 aliphatic rings. The van der Waals surface area contributed by atoms with E-state index < -0.39 is 0 Å². The third-order valence-corrected chi connectivity index (χ3v) is 5.05. The molecule has 6 heteroatoms. The van der Waals surface area contributed by atoms with Crippen molar-refractivity contribution >= 4 is 29.0 Å². The summed E-state index contributed by atoms with van der Waals surface area (Å²) in [6.07, 6.45) is 4.03. The smallest absolute Gasteiger partial charge is 0.152 e. The Kier molecular flexibility index (Phi) is 5.59. The number of nitrogens with zero attached hydrogens (tertiary/aromatic N) is 3. The van der Waals surface area contributed by atoms with Crippen LogP contribution in [0.4, 0.5) is 0 Å². The number of aromatic nitrogens is 2. The van der Waals surface area contributed by atoms with Crippen molar-refractivity contribution in [3.05, 3.63) is 45.7 Å². The normalized spacial score (nSPS) is 15.6. The number of piperidine rings is 1. The molecule has 0 N–H and O–H groups in total. The number of benzene rings is 1. The first-order chi connectivity index (χ1) is 11.5. The van der Waals surface area contributed by atoms with Crippen molar-refractivity contribution in [2.75, 3.05) is 19.6 Å². The predicted molar refractivity (Wildman–Crippen MR) is 97.3 cm³/mol. The van der Waals surface area contributed by atoms with Gasteiger partial charge < -0.3 is 0 Å². The van der Waals surface area contributed by atoms with Crippen LogP contribution in [0.25, 0.3) is 5.69 Å². The van der Waals surface area contributed by atoms with Crippen molar-refractivity contribution in [2.24, 2.45) is 0 Å². The van der Waals surface area contributed by atoms with Crippen molar-refractivity contribution in [1.29, 1.82) is 0 Å². The lowest BCUT2D eigenvalue weighted by atomic mass is 10.1. The quantitative estimate of drug-likeness (QED) is 0.800. The molecule has 3 rings (SSSR count). The van der Waals surface area contributed by atoms with Gasteiger partial charge in [0.15, 0.2) is 5.78 Å². The molecule has 1 aromatic carbocycles. The number of Topliss-reactive ketones (excluding diaryl/α,β-unsaturated/α-hetero) is 1. The van der Waals surface area contributed by atoms with Crippen LogP contribution >= 0.6 is 23.2 Å². The Morgan fingerprint density at radius 2 is 1.88 bits per heavy atom. The van der Waals surface area contributed by atoms with E-state index in [4.69, 9.17) is 23.2 Å². The lowest BCUT2D eigenvalue weighted by Crippen LogP contribution is -2.35. The van der Waals surface area contributed by atoms with Crippen LogP contribution in [-0.2, 0) is 11.2 Å². The highest BCUT2D eigenvalue weighted by Gasteiger charge is 2.16. The maximum absolute atomic E-state index is 12.3. The Morgan fingerprint density at radius 3 is 2.58 bits per heavy atom. The third kappa shape index (κ3) is 4.18. The van der Waals surface area contributed by atoms with Crippen molar-refractivity contribution in [3.63, 3.8) is 0 Å². The van der Waals surface area contributed by atoms with Crippen LogP contribution in [0.1, 0.15) is 30.7 Å². The SMILES string of the molecule is Cc1cc(CC(=O)CN2CCCCC2)nn1-c1ccc(Cl)c(Cl)c1. The zero-order chi connectivity index (χ0) is 17.1. The number of hydrogen-bond donors (Lipinski definition) is 0. The minimum absolute atomic E-state index is 0.218. The van der Waals surface area contributed by atoms with Crippen LogP contribution in [-0.4, -0.2) is 40.1 Å². The van der Waals surface area contributed by atoms with Crippen molar-refractivity contribution < 1.29 is 4.79 Å². The molecule has 0 aliphatic carbocycles. The lowest BCUT2D eigenvalue weighted by Gasteiger charge is -2.25. The Balaban J connectivity index is 1.69. The first-order valence-electron chi connectivity index (χ1n) is 8.28. The summed E-state index contributed by atoms with van der Waals surface area (Å²) >= 11 is 12.0. The van der Waals surface area contributed by atoms with Gasteiger partial charge in [0, 0.05) is 5.69 Å². The maximum Gasteiger partial charge on any atom is 0.152 e. The van der Waals surface area contributed by atoms with Crippen LogP contribution in [0.2, 0.25) is 10.0 Å². The van der Waals surface area contributed by atoms with Gasteiger partial charge in [-0.05, 0) is 57.1 Å². The Morgan fingerprint density at radius 1 is 1.12 bits per heavy atom. The summed E-state index contributed by atoms with van der Waals surface area (Å²) in [5, 5.41) is 5.57. The number of carbonyl (C=O) groups is 1. The van der Waals surface area contributed by atoms with E-state index in [9.17, 15) is 4.79 Å². The second-order valence-electron chi connectivity index (χ2n) is 6.34. The summed E-state index contributed by atoms with van der Waals surface area (Å²) in [5.41, 5.74) is 2.60. The summed E-state index contributed by atoms with van der Waals surface area (Å²) < 4.78 is 1.80. The van der Waals surface area contributed by atoms with Gasteiger partial charge in [-0.15, -0.1) is 0 Å². The summed E-state index contributed by atoms with van der Waals surface area (Å²) in [4.78, 5) is 14.6. The Bertz CT molecular complexity index is 736. The number of likely N-dealkylation sites (tertiary alicyclic amines) is 1. The fourth-order valence-corrected chi connectivity index (χ4v) is 3.42. The maximum atomic E-state index is 12.3. The first kappa shape index (κ1) is 17.5. The molecule has 1 aromatic heterocycles. The van der Waals surface area contributed by atoms with Gasteiger partial charge in [0.1, 0.15) is 0 Å². The fraction of sp³-hybridized carbons (Fsp3) is 0.444. The average Bonchev–Trinajstić information content (AvgIpc) is 2.91. The zero-order valence-corrected chi connectivity index (χ0v) is 15.3. The van der Waals surface area contributed by atoms with E-state index in [1.54, 1.807) is 16.8 Å². The van der Waals surface area contributed by atoms with Gasteiger partial charge in [-0.1, -0.05) is 29.6 Å². The van der Waals surface area contributed by atoms with Gasteiger partial charge in [0.05, 0.1) is 34.4 Å². The van der Waals surface area contributed by atoms with Gasteiger partial charge in [0.2, 0.25) is 0 Å². The van der Waals surface area contributed by atoms with E-state index in [-0.39, 0.29) is 5.78 Å². The van der Waals surface area contributed by atoms with E-state index in [0.717, 1.165) is 30.2 Å². The van der Waals surface area contributed by atoms with Crippen LogP contribution < -0.4 is 0 Å². The molecule has 0 amide bonds. The van der Waals surface area contributed by atoms with Gasteiger partial charge in [0.25, 0.3) is 0 Å². The van der Waals surface area contributed by atoms with Gasteiger partial charge in [-0.2, -0.15) is 5.10 Å². The third-order valence-electron chi connectivity index (χ3n) is 4.31. The molecule has 1 aliphatic heterocycles. The molecule has 0 spiro atoms. The second-order valence-corrected chi connectivity index (χ2v) is 7.15. The van der Waals surface area contributed by atoms with Crippen LogP contribution in [0.15, 0.2) is 24.3 Å². The molecular formula is C18H21Cl2N3O. The molecule has 1 saturated heterocycles. The lowest BCUT2D eigenvalue weighted by molar-refractivity contribution is -0.119. The molecule has 2 heterocycles. The molecule has 4 nitrogen and oxygen atoms in total. The Labute approximate surface area is 152 Å². The van der Waals surface area contributed by atoms with Gasteiger partial charge >= 0.3 is 0 Å². The predicted octanol–water partition coefficient (Wildman–Crippen LogP) is 4.09. The monoisotopic (exact) mass is 365 g/mol. The van der Waals surface area contributed by atoms with Gasteiger partial charge in [-0.3, -0.25) is 9.69 Å².